The largest absolute Gasteiger partial charge is 0.356 e. The van der Waals surface area contributed by atoms with E-state index in [2.05, 4.69) is 44.3 Å². The third-order valence-corrected chi connectivity index (χ3v) is 7.56. The standard InChI is InChI=1S/C29H30N6O/c1-34-13-11-22-18-35(19-23(22)12-14-34)27-10-7-21-15-25(8-9-26(21)33-27)32-29(36)28-30-16-24(17-31-28)20-5-3-2-4-6-20/h2-10,15-17,22-23H,11-14,18-19H2,1H3,(H,32,36). The number of carbonyl (C=O) groups is 1. The summed E-state index contributed by atoms with van der Waals surface area (Å²) in [6.07, 6.45) is 5.90. The van der Waals surface area contributed by atoms with E-state index < -0.39 is 0 Å². The van der Waals surface area contributed by atoms with Crippen LogP contribution in [-0.2, 0) is 0 Å². The molecule has 2 aliphatic rings. The predicted molar refractivity (Wildman–Crippen MR) is 143 cm³/mol. The van der Waals surface area contributed by atoms with Crippen molar-refractivity contribution < 1.29 is 4.79 Å². The van der Waals surface area contributed by atoms with Crippen LogP contribution >= 0.6 is 0 Å². The molecule has 0 bridgehead atoms. The second-order valence-electron chi connectivity index (χ2n) is 10.00. The molecule has 2 unspecified atom stereocenters. The van der Waals surface area contributed by atoms with Gasteiger partial charge >= 0.3 is 0 Å². The first-order valence-electron chi connectivity index (χ1n) is 12.7. The van der Waals surface area contributed by atoms with Gasteiger partial charge in [-0.1, -0.05) is 30.3 Å². The third-order valence-electron chi connectivity index (χ3n) is 7.56. The molecule has 7 nitrogen and oxygen atoms in total. The zero-order chi connectivity index (χ0) is 24.5. The van der Waals surface area contributed by atoms with E-state index in [-0.39, 0.29) is 11.7 Å². The molecule has 1 amide bonds. The number of nitrogens with zero attached hydrogens (tertiary/aromatic N) is 5. The zero-order valence-electron chi connectivity index (χ0n) is 20.5. The lowest BCUT2D eigenvalue weighted by atomic mass is 9.92. The highest BCUT2D eigenvalue weighted by Crippen LogP contribution is 2.34. The van der Waals surface area contributed by atoms with E-state index in [0.29, 0.717) is 5.69 Å². The van der Waals surface area contributed by atoms with Crippen LogP contribution in [0.2, 0.25) is 0 Å². The first-order chi connectivity index (χ1) is 17.6. The van der Waals surface area contributed by atoms with Crippen LogP contribution < -0.4 is 10.2 Å². The van der Waals surface area contributed by atoms with Crippen molar-refractivity contribution >= 4 is 28.3 Å². The molecule has 2 saturated heterocycles. The molecule has 36 heavy (non-hydrogen) atoms. The molecule has 6 rings (SSSR count). The minimum absolute atomic E-state index is 0.140. The highest BCUT2D eigenvalue weighted by molar-refractivity contribution is 6.02. The van der Waals surface area contributed by atoms with Crippen molar-refractivity contribution in [2.45, 2.75) is 12.8 Å². The Morgan fingerprint density at radius 3 is 2.33 bits per heavy atom. The number of anilines is 2. The minimum atomic E-state index is -0.334. The van der Waals surface area contributed by atoms with Crippen molar-refractivity contribution in [2.24, 2.45) is 11.8 Å². The van der Waals surface area contributed by atoms with Crippen molar-refractivity contribution in [3.05, 3.63) is 78.9 Å². The quantitative estimate of drug-likeness (QED) is 0.457. The number of aromatic nitrogens is 3. The van der Waals surface area contributed by atoms with Gasteiger partial charge < -0.3 is 15.1 Å². The number of hydrogen-bond donors (Lipinski definition) is 1. The summed E-state index contributed by atoms with van der Waals surface area (Å²) < 4.78 is 0. The summed E-state index contributed by atoms with van der Waals surface area (Å²) in [4.78, 5) is 31.1. The van der Waals surface area contributed by atoms with E-state index in [1.807, 2.05) is 48.5 Å². The molecule has 1 N–H and O–H groups in total. The number of rotatable bonds is 4. The summed E-state index contributed by atoms with van der Waals surface area (Å²) in [6, 6.07) is 19.9. The molecule has 2 aromatic carbocycles. The van der Waals surface area contributed by atoms with E-state index in [4.69, 9.17) is 4.98 Å². The molecule has 4 aromatic rings. The van der Waals surface area contributed by atoms with Crippen LogP contribution in [0.3, 0.4) is 0 Å². The SMILES string of the molecule is CN1CCC2CN(c3ccc4cc(NC(=O)c5ncc(-c6ccccc6)cn5)ccc4n3)CC2CC1. The summed E-state index contributed by atoms with van der Waals surface area (Å²) in [5, 5.41) is 3.91. The van der Waals surface area contributed by atoms with Crippen molar-refractivity contribution in [3.8, 4) is 11.1 Å². The zero-order valence-corrected chi connectivity index (χ0v) is 20.5. The van der Waals surface area contributed by atoms with Crippen LogP contribution in [0.25, 0.3) is 22.0 Å². The Morgan fingerprint density at radius 1 is 0.889 bits per heavy atom. The summed E-state index contributed by atoms with van der Waals surface area (Å²) in [5.74, 6) is 2.37. The van der Waals surface area contributed by atoms with Crippen LogP contribution in [0, 0.1) is 11.8 Å². The number of amides is 1. The number of likely N-dealkylation sites (tertiary alicyclic amines) is 1. The summed E-state index contributed by atoms with van der Waals surface area (Å²) in [6.45, 7) is 4.57. The van der Waals surface area contributed by atoms with Crippen molar-refractivity contribution in [2.75, 3.05) is 43.4 Å². The number of carbonyl (C=O) groups excluding carboxylic acids is 1. The Labute approximate surface area is 211 Å². The van der Waals surface area contributed by atoms with E-state index >= 15 is 0 Å². The van der Waals surface area contributed by atoms with Gasteiger partial charge in [0.1, 0.15) is 5.82 Å². The monoisotopic (exact) mass is 478 g/mol. The summed E-state index contributed by atoms with van der Waals surface area (Å²) in [5.41, 5.74) is 3.52. The van der Waals surface area contributed by atoms with E-state index in [9.17, 15) is 4.79 Å². The Balaban J connectivity index is 1.14. The number of benzene rings is 2. The van der Waals surface area contributed by atoms with Crippen molar-refractivity contribution in [3.63, 3.8) is 0 Å². The molecule has 0 radical (unpaired) electrons. The minimum Gasteiger partial charge on any atom is -0.356 e. The van der Waals surface area contributed by atoms with Crippen molar-refractivity contribution in [1.29, 1.82) is 0 Å². The molecule has 0 aliphatic carbocycles. The predicted octanol–water partition coefficient (Wildman–Crippen LogP) is 4.72. The Bertz CT molecular complexity index is 1360. The van der Waals surface area contributed by atoms with Gasteiger partial charge in [-0.2, -0.15) is 0 Å². The van der Waals surface area contributed by atoms with Gasteiger partial charge in [0.25, 0.3) is 5.91 Å². The topological polar surface area (TPSA) is 74.2 Å². The van der Waals surface area contributed by atoms with E-state index in [1.54, 1.807) is 12.4 Å². The van der Waals surface area contributed by atoms with Gasteiger partial charge in [-0.15, -0.1) is 0 Å². The van der Waals surface area contributed by atoms with Gasteiger partial charge in [-0.05, 0) is 80.7 Å². The van der Waals surface area contributed by atoms with Crippen LogP contribution in [0.4, 0.5) is 11.5 Å². The number of hydrogen-bond acceptors (Lipinski definition) is 6. The molecular formula is C29H30N6O. The fourth-order valence-electron chi connectivity index (χ4n) is 5.44. The third kappa shape index (κ3) is 4.66. The number of pyridine rings is 1. The molecule has 182 valence electrons. The van der Waals surface area contributed by atoms with Gasteiger partial charge in [0.2, 0.25) is 5.82 Å². The van der Waals surface area contributed by atoms with Crippen LogP contribution in [-0.4, -0.2) is 59.0 Å². The second-order valence-corrected chi connectivity index (χ2v) is 10.00. The average Bonchev–Trinajstić information content (AvgIpc) is 3.26. The molecule has 7 heteroatoms. The highest BCUT2D eigenvalue weighted by Gasteiger charge is 2.34. The van der Waals surface area contributed by atoms with E-state index in [1.165, 1.54) is 25.9 Å². The van der Waals surface area contributed by atoms with E-state index in [0.717, 1.165) is 52.8 Å². The second kappa shape index (κ2) is 9.66. The molecule has 2 atom stereocenters. The molecule has 2 fully saturated rings. The van der Waals surface area contributed by atoms with Crippen LogP contribution in [0.15, 0.2) is 73.1 Å². The Hall–Kier alpha value is -3.84. The van der Waals surface area contributed by atoms with Gasteiger partial charge in [0.05, 0.1) is 5.52 Å². The lowest BCUT2D eigenvalue weighted by Crippen LogP contribution is -2.24. The Morgan fingerprint density at radius 2 is 1.61 bits per heavy atom. The molecule has 0 spiro atoms. The van der Waals surface area contributed by atoms with Crippen molar-refractivity contribution in [1.82, 2.24) is 19.9 Å². The lowest BCUT2D eigenvalue weighted by molar-refractivity contribution is 0.101. The maximum atomic E-state index is 12.7. The highest BCUT2D eigenvalue weighted by atomic mass is 16.2. The van der Waals surface area contributed by atoms with Crippen LogP contribution in [0.1, 0.15) is 23.5 Å². The first-order valence-corrected chi connectivity index (χ1v) is 12.7. The first kappa shape index (κ1) is 22.6. The number of nitrogens with one attached hydrogen (secondary N) is 1. The smallest absolute Gasteiger partial charge is 0.293 e. The van der Waals surface area contributed by atoms with Gasteiger partial charge in [0, 0.05) is 42.1 Å². The normalized spacial score (nSPS) is 20.2. The Kier molecular flexibility index (Phi) is 6.07. The van der Waals surface area contributed by atoms with Gasteiger partial charge in [-0.25, -0.2) is 15.0 Å². The number of fused-ring (bicyclic) bond motifs is 2. The van der Waals surface area contributed by atoms with Gasteiger partial charge in [-0.3, -0.25) is 4.79 Å². The maximum absolute atomic E-state index is 12.7. The summed E-state index contributed by atoms with van der Waals surface area (Å²) >= 11 is 0. The summed E-state index contributed by atoms with van der Waals surface area (Å²) in [7, 11) is 2.23. The van der Waals surface area contributed by atoms with Crippen LogP contribution in [0.5, 0.6) is 0 Å². The molecule has 2 aromatic heterocycles. The molecule has 0 saturated carbocycles. The fourth-order valence-corrected chi connectivity index (χ4v) is 5.44. The molecule has 4 heterocycles. The lowest BCUT2D eigenvalue weighted by Gasteiger charge is -2.20. The average molecular weight is 479 g/mol. The molecular weight excluding hydrogens is 448 g/mol. The maximum Gasteiger partial charge on any atom is 0.293 e. The fraction of sp³-hybridized carbons (Fsp3) is 0.310. The van der Waals surface area contributed by atoms with Gasteiger partial charge in [0.15, 0.2) is 0 Å². The molecule has 2 aliphatic heterocycles.